The number of fused-ring (bicyclic) bond motifs is 1. The summed E-state index contributed by atoms with van der Waals surface area (Å²) in [4.78, 5) is 41.8. The predicted octanol–water partition coefficient (Wildman–Crippen LogP) is 2.50. The van der Waals surface area contributed by atoms with E-state index in [0.29, 0.717) is 30.4 Å². The van der Waals surface area contributed by atoms with Crippen molar-refractivity contribution < 1.29 is 4.79 Å². The van der Waals surface area contributed by atoms with E-state index in [1.807, 2.05) is 30.3 Å². The molecule has 29 heavy (non-hydrogen) atoms. The summed E-state index contributed by atoms with van der Waals surface area (Å²) in [6.45, 7) is 1.35. The third-order valence-electron chi connectivity index (χ3n) is 5.74. The van der Waals surface area contributed by atoms with Crippen LogP contribution in [0.4, 0.5) is 0 Å². The van der Waals surface area contributed by atoms with Crippen LogP contribution in [-0.2, 0) is 18.3 Å². The van der Waals surface area contributed by atoms with Gasteiger partial charge < -0.3 is 4.90 Å². The van der Waals surface area contributed by atoms with Crippen LogP contribution in [0.25, 0.3) is 10.9 Å². The van der Waals surface area contributed by atoms with Crippen LogP contribution in [0.3, 0.4) is 0 Å². The number of hydrogen-bond acceptors (Lipinski definition) is 3. The summed E-state index contributed by atoms with van der Waals surface area (Å²) in [5.41, 5.74) is 0.627. The Morgan fingerprint density at radius 1 is 0.931 bits per heavy atom. The van der Waals surface area contributed by atoms with Crippen molar-refractivity contribution in [2.75, 3.05) is 13.1 Å². The highest BCUT2D eigenvalue weighted by Crippen LogP contribution is 2.19. The van der Waals surface area contributed by atoms with E-state index in [1.54, 1.807) is 36.2 Å². The molecule has 2 heterocycles. The lowest BCUT2D eigenvalue weighted by Crippen LogP contribution is -2.49. The van der Waals surface area contributed by atoms with Crippen molar-refractivity contribution in [3.8, 4) is 0 Å². The molecule has 0 bridgehead atoms. The average Bonchev–Trinajstić information content (AvgIpc) is 2.78. The highest BCUT2D eigenvalue weighted by Gasteiger charge is 2.30. The van der Waals surface area contributed by atoms with Gasteiger partial charge in [0, 0.05) is 26.6 Å². The van der Waals surface area contributed by atoms with Crippen LogP contribution in [-0.4, -0.2) is 33.0 Å². The number of nitrogens with zero attached hydrogens (tertiary/aromatic N) is 3. The molecule has 3 aromatic rings. The SMILES string of the molecule is Cn1c(=O)n(C(Cc2ccccc2)C(=O)N2CCCCC2)c(=O)c2ccccc21. The molecule has 6 heteroatoms. The lowest BCUT2D eigenvalue weighted by atomic mass is 10.0. The van der Waals surface area contributed by atoms with Crippen LogP contribution in [0, 0.1) is 0 Å². The maximum absolute atomic E-state index is 13.5. The number of carbonyl (C=O) groups excluding carboxylic acids is 1. The lowest BCUT2D eigenvalue weighted by molar-refractivity contribution is -0.135. The van der Waals surface area contributed by atoms with Crippen molar-refractivity contribution in [1.82, 2.24) is 14.0 Å². The van der Waals surface area contributed by atoms with Gasteiger partial charge in [-0.25, -0.2) is 9.36 Å². The fourth-order valence-electron chi connectivity index (χ4n) is 4.15. The summed E-state index contributed by atoms with van der Waals surface area (Å²) >= 11 is 0. The average molecular weight is 391 g/mol. The van der Waals surface area contributed by atoms with Crippen molar-refractivity contribution in [2.24, 2.45) is 7.05 Å². The summed E-state index contributed by atoms with van der Waals surface area (Å²) in [6.07, 6.45) is 3.32. The number of benzene rings is 2. The third kappa shape index (κ3) is 3.62. The van der Waals surface area contributed by atoms with E-state index in [4.69, 9.17) is 0 Å². The first-order valence-electron chi connectivity index (χ1n) is 10.1. The molecule has 1 saturated heterocycles. The molecule has 0 radical (unpaired) electrons. The second-order valence-electron chi connectivity index (χ2n) is 7.63. The van der Waals surface area contributed by atoms with Gasteiger partial charge in [-0.1, -0.05) is 42.5 Å². The molecular weight excluding hydrogens is 366 g/mol. The van der Waals surface area contributed by atoms with E-state index >= 15 is 0 Å². The number of piperidine rings is 1. The predicted molar refractivity (Wildman–Crippen MR) is 113 cm³/mol. The van der Waals surface area contributed by atoms with E-state index in [0.717, 1.165) is 29.4 Å². The van der Waals surface area contributed by atoms with Crippen molar-refractivity contribution in [3.05, 3.63) is 81.0 Å². The largest absolute Gasteiger partial charge is 0.341 e. The van der Waals surface area contributed by atoms with Gasteiger partial charge in [0.2, 0.25) is 5.91 Å². The standard InChI is InChI=1S/C23H25N3O3/c1-24-19-13-7-6-12-18(19)21(27)26(23(24)29)20(16-17-10-4-2-5-11-17)22(28)25-14-8-3-9-15-25/h2,4-7,10-13,20H,3,8-9,14-16H2,1H3. The normalized spacial score (nSPS) is 15.4. The maximum atomic E-state index is 13.5. The minimum absolute atomic E-state index is 0.150. The van der Waals surface area contributed by atoms with Gasteiger partial charge >= 0.3 is 5.69 Å². The highest BCUT2D eigenvalue weighted by atomic mass is 16.2. The zero-order valence-corrected chi connectivity index (χ0v) is 16.6. The number of aryl methyl sites for hydroxylation is 1. The Labute approximate surface area is 169 Å². The second-order valence-corrected chi connectivity index (χ2v) is 7.63. The molecule has 0 saturated carbocycles. The Hall–Kier alpha value is -3.15. The number of para-hydroxylation sites is 1. The van der Waals surface area contributed by atoms with E-state index in [9.17, 15) is 14.4 Å². The van der Waals surface area contributed by atoms with E-state index < -0.39 is 17.3 Å². The zero-order valence-electron chi connectivity index (χ0n) is 16.6. The Kier molecular flexibility index (Phi) is 5.34. The molecule has 0 N–H and O–H groups in total. The monoisotopic (exact) mass is 391 g/mol. The van der Waals surface area contributed by atoms with Gasteiger partial charge in [0.05, 0.1) is 10.9 Å². The highest BCUT2D eigenvalue weighted by molar-refractivity contribution is 5.82. The van der Waals surface area contributed by atoms with Crippen LogP contribution < -0.4 is 11.2 Å². The van der Waals surface area contributed by atoms with Crippen molar-refractivity contribution >= 4 is 16.8 Å². The molecule has 0 spiro atoms. The number of hydrogen-bond donors (Lipinski definition) is 0. The molecule has 0 aliphatic carbocycles. The minimum atomic E-state index is -0.855. The van der Waals surface area contributed by atoms with Crippen LogP contribution in [0.5, 0.6) is 0 Å². The molecule has 1 fully saturated rings. The molecule has 1 atom stereocenters. The first-order valence-corrected chi connectivity index (χ1v) is 10.1. The van der Waals surface area contributed by atoms with E-state index in [2.05, 4.69) is 0 Å². The van der Waals surface area contributed by atoms with Crippen molar-refractivity contribution in [3.63, 3.8) is 0 Å². The molecule has 1 amide bonds. The van der Waals surface area contributed by atoms with Gasteiger partial charge in [0.25, 0.3) is 5.56 Å². The molecule has 1 aliphatic rings. The molecule has 2 aromatic carbocycles. The lowest BCUT2D eigenvalue weighted by Gasteiger charge is -2.31. The van der Waals surface area contributed by atoms with E-state index in [-0.39, 0.29) is 5.91 Å². The Morgan fingerprint density at radius 2 is 1.59 bits per heavy atom. The van der Waals surface area contributed by atoms with Gasteiger partial charge in [-0.2, -0.15) is 0 Å². The molecular formula is C23H25N3O3. The number of likely N-dealkylation sites (tertiary alicyclic amines) is 1. The molecule has 1 unspecified atom stereocenters. The summed E-state index contributed by atoms with van der Waals surface area (Å²) < 4.78 is 2.62. The van der Waals surface area contributed by atoms with Crippen molar-refractivity contribution in [1.29, 1.82) is 0 Å². The third-order valence-corrected chi connectivity index (χ3v) is 5.74. The van der Waals surface area contributed by atoms with Crippen LogP contribution in [0.2, 0.25) is 0 Å². The van der Waals surface area contributed by atoms with Crippen LogP contribution in [0.1, 0.15) is 30.9 Å². The number of aromatic nitrogens is 2. The summed E-state index contributed by atoms with van der Waals surface area (Å²) in [6, 6.07) is 15.7. The molecule has 150 valence electrons. The fraction of sp³-hybridized carbons (Fsp3) is 0.348. The number of carbonyl (C=O) groups is 1. The fourth-order valence-corrected chi connectivity index (χ4v) is 4.15. The Bertz CT molecular complexity index is 1140. The molecule has 1 aliphatic heterocycles. The first-order chi connectivity index (χ1) is 14.1. The second kappa shape index (κ2) is 8.07. The molecule has 4 rings (SSSR count). The smallest absolute Gasteiger partial charge is 0.331 e. The zero-order chi connectivity index (χ0) is 20.4. The van der Waals surface area contributed by atoms with Gasteiger partial charge in [0.15, 0.2) is 0 Å². The number of rotatable bonds is 4. The van der Waals surface area contributed by atoms with Gasteiger partial charge in [-0.3, -0.25) is 14.2 Å². The summed E-state index contributed by atoms with van der Waals surface area (Å²) in [5, 5.41) is 0.444. The number of amides is 1. The molecule has 6 nitrogen and oxygen atoms in total. The summed E-state index contributed by atoms with van der Waals surface area (Å²) in [5.74, 6) is -0.150. The maximum Gasteiger partial charge on any atom is 0.331 e. The van der Waals surface area contributed by atoms with Gasteiger partial charge in [-0.05, 0) is 37.0 Å². The van der Waals surface area contributed by atoms with E-state index in [1.165, 1.54) is 4.57 Å². The minimum Gasteiger partial charge on any atom is -0.341 e. The van der Waals surface area contributed by atoms with Crippen LogP contribution >= 0.6 is 0 Å². The first kappa shape index (κ1) is 19.2. The topological polar surface area (TPSA) is 64.3 Å². The summed E-state index contributed by atoms with van der Waals surface area (Å²) in [7, 11) is 1.64. The van der Waals surface area contributed by atoms with Crippen molar-refractivity contribution in [2.45, 2.75) is 31.7 Å². The van der Waals surface area contributed by atoms with Gasteiger partial charge in [-0.15, -0.1) is 0 Å². The quantitative estimate of drug-likeness (QED) is 0.686. The molecule has 1 aromatic heterocycles. The van der Waals surface area contributed by atoms with Crippen LogP contribution in [0.15, 0.2) is 64.2 Å². The van der Waals surface area contributed by atoms with Gasteiger partial charge in [0.1, 0.15) is 6.04 Å². The Morgan fingerprint density at radius 3 is 2.31 bits per heavy atom. The Balaban J connectivity index is 1.88.